The summed E-state index contributed by atoms with van der Waals surface area (Å²) < 4.78 is 0. The Labute approximate surface area is 120 Å². The van der Waals surface area contributed by atoms with Crippen LogP contribution in [0.5, 0.6) is 0 Å². The highest BCUT2D eigenvalue weighted by Gasteiger charge is 2.22. The Hall–Kier alpha value is -2.03. The van der Waals surface area contributed by atoms with E-state index in [-0.39, 0.29) is 0 Å². The van der Waals surface area contributed by atoms with Crippen molar-refractivity contribution in [1.29, 1.82) is 0 Å². The highest BCUT2D eigenvalue weighted by atomic mass is 15.1. The molecule has 0 amide bonds. The molecule has 0 radical (unpaired) electrons. The number of rotatable bonds is 5. The average molecular weight is 267 g/mol. The number of pyridine rings is 1. The largest absolute Gasteiger partial charge is 0.378 e. The van der Waals surface area contributed by atoms with Crippen LogP contribution < -0.4 is 10.2 Å². The van der Waals surface area contributed by atoms with Crippen molar-refractivity contribution in [3.8, 4) is 0 Å². The lowest BCUT2D eigenvalue weighted by Crippen LogP contribution is -2.12. The van der Waals surface area contributed by atoms with Crippen molar-refractivity contribution in [1.82, 2.24) is 4.98 Å². The fraction of sp³-hybridized carbons (Fsp3) is 0.353. The maximum Gasteiger partial charge on any atom is 0.0766 e. The van der Waals surface area contributed by atoms with Crippen LogP contribution in [0.4, 0.5) is 11.4 Å². The second-order valence-corrected chi connectivity index (χ2v) is 5.66. The van der Waals surface area contributed by atoms with Crippen LogP contribution in [0, 0.1) is 0 Å². The molecule has 1 saturated carbocycles. The fourth-order valence-electron chi connectivity index (χ4n) is 2.43. The van der Waals surface area contributed by atoms with Gasteiger partial charge in [-0.1, -0.05) is 24.3 Å². The minimum atomic E-state index is 0.829. The lowest BCUT2D eigenvalue weighted by Gasteiger charge is -2.17. The van der Waals surface area contributed by atoms with Crippen LogP contribution in [-0.4, -0.2) is 19.1 Å². The van der Waals surface area contributed by atoms with Crippen LogP contribution in [-0.2, 0) is 6.54 Å². The van der Waals surface area contributed by atoms with Gasteiger partial charge in [0.1, 0.15) is 0 Å². The molecule has 104 valence electrons. The number of hydrogen-bond acceptors (Lipinski definition) is 3. The lowest BCUT2D eigenvalue weighted by atomic mass is 10.1. The van der Waals surface area contributed by atoms with Crippen molar-refractivity contribution in [2.75, 3.05) is 24.3 Å². The maximum absolute atomic E-state index is 4.20. The van der Waals surface area contributed by atoms with E-state index in [2.05, 4.69) is 39.5 Å². The van der Waals surface area contributed by atoms with Gasteiger partial charge in [-0.2, -0.15) is 0 Å². The smallest absolute Gasteiger partial charge is 0.0766 e. The topological polar surface area (TPSA) is 28.2 Å². The second-order valence-electron chi connectivity index (χ2n) is 5.66. The Bertz CT molecular complexity index is 571. The standard InChI is InChI=1S/C17H21N3/c1-20(2)17-9-10-18-12-16(17)19-11-13-3-5-14(6-4-13)15-7-8-15/h3-6,9-10,12,15,19H,7-8,11H2,1-2H3. The first-order valence-corrected chi connectivity index (χ1v) is 7.18. The number of anilines is 2. The molecule has 1 aromatic heterocycles. The third-order valence-electron chi connectivity index (χ3n) is 3.79. The molecule has 1 aliphatic rings. The molecule has 3 heteroatoms. The van der Waals surface area contributed by atoms with E-state index >= 15 is 0 Å². The Balaban J connectivity index is 1.66. The molecule has 1 aliphatic carbocycles. The van der Waals surface area contributed by atoms with Crippen molar-refractivity contribution >= 4 is 11.4 Å². The summed E-state index contributed by atoms with van der Waals surface area (Å²) in [4.78, 5) is 6.29. The van der Waals surface area contributed by atoms with Crippen LogP contribution >= 0.6 is 0 Å². The van der Waals surface area contributed by atoms with Gasteiger partial charge in [0.2, 0.25) is 0 Å². The molecule has 0 spiro atoms. The number of hydrogen-bond donors (Lipinski definition) is 1. The second kappa shape index (κ2) is 5.53. The van der Waals surface area contributed by atoms with Gasteiger partial charge in [0.05, 0.1) is 17.6 Å². The van der Waals surface area contributed by atoms with Crippen LogP contribution in [0.15, 0.2) is 42.7 Å². The first-order valence-electron chi connectivity index (χ1n) is 7.18. The number of nitrogens with one attached hydrogen (secondary N) is 1. The van der Waals surface area contributed by atoms with Gasteiger partial charge >= 0.3 is 0 Å². The first kappa shape index (κ1) is 13.0. The zero-order valence-corrected chi connectivity index (χ0v) is 12.1. The molecule has 0 aliphatic heterocycles. The summed E-state index contributed by atoms with van der Waals surface area (Å²) in [5.74, 6) is 0.829. The first-order chi connectivity index (χ1) is 9.74. The van der Waals surface area contributed by atoms with Gasteiger partial charge in [-0.15, -0.1) is 0 Å². The summed E-state index contributed by atoms with van der Waals surface area (Å²) in [7, 11) is 4.09. The molecule has 3 nitrogen and oxygen atoms in total. The molecule has 1 fully saturated rings. The van der Waals surface area contributed by atoms with Gasteiger partial charge in [0.25, 0.3) is 0 Å². The summed E-state index contributed by atoms with van der Waals surface area (Å²) >= 11 is 0. The fourth-order valence-corrected chi connectivity index (χ4v) is 2.43. The van der Waals surface area contributed by atoms with Crippen molar-refractivity contribution in [3.05, 3.63) is 53.9 Å². The molecule has 0 bridgehead atoms. The quantitative estimate of drug-likeness (QED) is 0.896. The maximum atomic E-state index is 4.20. The monoisotopic (exact) mass is 267 g/mol. The van der Waals surface area contributed by atoms with Gasteiger partial charge in [0, 0.05) is 26.8 Å². The number of benzene rings is 1. The zero-order valence-electron chi connectivity index (χ0n) is 12.1. The molecule has 1 aromatic carbocycles. The minimum Gasteiger partial charge on any atom is -0.378 e. The highest BCUT2D eigenvalue weighted by molar-refractivity contribution is 5.68. The Morgan fingerprint density at radius 1 is 1.15 bits per heavy atom. The predicted molar refractivity (Wildman–Crippen MR) is 84.3 cm³/mol. The van der Waals surface area contributed by atoms with Crippen molar-refractivity contribution in [3.63, 3.8) is 0 Å². The zero-order chi connectivity index (χ0) is 13.9. The number of aromatic nitrogens is 1. The summed E-state index contributed by atoms with van der Waals surface area (Å²) in [6, 6.07) is 11.0. The summed E-state index contributed by atoms with van der Waals surface area (Å²) in [6.07, 6.45) is 6.43. The van der Waals surface area contributed by atoms with Crippen molar-refractivity contribution in [2.24, 2.45) is 0 Å². The molecule has 0 saturated heterocycles. The molecule has 1 heterocycles. The Kier molecular flexibility index (Phi) is 3.59. The van der Waals surface area contributed by atoms with Crippen LogP contribution in [0.3, 0.4) is 0 Å². The molecular weight excluding hydrogens is 246 g/mol. The predicted octanol–water partition coefficient (Wildman–Crippen LogP) is 3.64. The van der Waals surface area contributed by atoms with Crippen LogP contribution in [0.2, 0.25) is 0 Å². The van der Waals surface area contributed by atoms with Gasteiger partial charge in [0.15, 0.2) is 0 Å². The van der Waals surface area contributed by atoms with Crippen molar-refractivity contribution < 1.29 is 0 Å². The van der Waals surface area contributed by atoms with Crippen LogP contribution in [0.25, 0.3) is 0 Å². The molecule has 0 atom stereocenters. The van der Waals surface area contributed by atoms with Crippen LogP contribution in [0.1, 0.15) is 29.9 Å². The molecule has 1 N–H and O–H groups in total. The van der Waals surface area contributed by atoms with Gasteiger partial charge in [-0.25, -0.2) is 0 Å². The van der Waals surface area contributed by atoms with E-state index in [0.717, 1.165) is 23.8 Å². The van der Waals surface area contributed by atoms with Gasteiger partial charge < -0.3 is 10.2 Å². The molecular formula is C17H21N3. The normalized spacial score (nSPS) is 14.1. The van der Waals surface area contributed by atoms with Gasteiger partial charge in [-0.05, 0) is 36.0 Å². The summed E-state index contributed by atoms with van der Waals surface area (Å²) in [5.41, 5.74) is 5.03. The van der Waals surface area contributed by atoms with E-state index in [9.17, 15) is 0 Å². The van der Waals surface area contributed by atoms with E-state index in [1.807, 2.05) is 32.6 Å². The van der Waals surface area contributed by atoms with E-state index in [1.54, 1.807) is 0 Å². The van der Waals surface area contributed by atoms with E-state index < -0.39 is 0 Å². The average Bonchev–Trinajstić information content (AvgIpc) is 3.30. The SMILES string of the molecule is CN(C)c1ccncc1NCc1ccc(C2CC2)cc1. The minimum absolute atomic E-state index is 0.829. The Morgan fingerprint density at radius 3 is 2.55 bits per heavy atom. The summed E-state index contributed by atoms with van der Waals surface area (Å²) in [6.45, 7) is 0.831. The number of nitrogens with zero attached hydrogens (tertiary/aromatic N) is 2. The van der Waals surface area contributed by atoms with E-state index in [1.165, 1.54) is 24.0 Å². The third-order valence-corrected chi connectivity index (χ3v) is 3.79. The van der Waals surface area contributed by atoms with Gasteiger partial charge in [-0.3, -0.25) is 4.98 Å². The molecule has 0 unspecified atom stereocenters. The van der Waals surface area contributed by atoms with E-state index in [4.69, 9.17) is 0 Å². The van der Waals surface area contributed by atoms with Crippen molar-refractivity contribution in [2.45, 2.75) is 25.3 Å². The molecule has 2 aromatic rings. The van der Waals surface area contributed by atoms with E-state index in [0.29, 0.717) is 0 Å². The summed E-state index contributed by atoms with van der Waals surface area (Å²) in [5, 5.41) is 3.47. The Morgan fingerprint density at radius 2 is 1.90 bits per heavy atom. The lowest BCUT2D eigenvalue weighted by molar-refractivity contribution is 1.08. The molecule has 20 heavy (non-hydrogen) atoms. The third kappa shape index (κ3) is 2.93. The highest BCUT2D eigenvalue weighted by Crippen LogP contribution is 2.39. The molecule has 3 rings (SSSR count).